The highest BCUT2D eigenvalue weighted by atomic mass is 16.5. The Bertz CT molecular complexity index is 2190. The van der Waals surface area contributed by atoms with Crippen LogP contribution >= 0.6 is 0 Å². The summed E-state index contributed by atoms with van der Waals surface area (Å²) in [5.74, 6) is -8.45. The first-order valence-electron chi connectivity index (χ1n) is 29.0. The second kappa shape index (κ2) is 35.8. The Balaban J connectivity index is 7.15. The predicted octanol–water partition coefficient (Wildman–Crippen LogP) is 3.36. The van der Waals surface area contributed by atoms with Gasteiger partial charge in [-0.15, -0.1) is 0 Å². The molecule has 0 aliphatic heterocycles. The van der Waals surface area contributed by atoms with Crippen LogP contribution in [0.3, 0.4) is 0 Å². The molecule has 470 valence electrons. The summed E-state index contributed by atoms with van der Waals surface area (Å²) in [4.78, 5) is 160. The number of carbonyl (C=O) groups excluding carboxylic acids is 11. The van der Waals surface area contributed by atoms with Crippen LogP contribution < -0.4 is 21.7 Å². The molecule has 0 saturated carbocycles. The van der Waals surface area contributed by atoms with Gasteiger partial charge in [0.2, 0.25) is 53.2 Å². The molecule has 5 N–H and O–H groups in total. The monoisotopic (exact) mass is 1160 g/mol. The minimum absolute atomic E-state index is 0.00475. The lowest BCUT2D eigenvalue weighted by Crippen LogP contribution is -2.63. The van der Waals surface area contributed by atoms with Crippen molar-refractivity contribution in [3.8, 4) is 0 Å². The highest BCUT2D eigenvalue weighted by molar-refractivity contribution is 5.98. The molecule has 23 nitrogen and oxygen atoms in total. The maximum atomic E-state index is 15.2. The van der Waals surface area contributed by atoms with Crippen LogP contribution in [0.5, 0.6) is 0 Å². The van der Waals surface area contributed by atoms with Crippen molar-refractivity contribution in [2.45, 2.75) is 210 Å². The first kappa shape index (κ1) is 75.9. The van der Waals surface area contributed by atoms with E-state index in [1.807, 2.05) is 47.6 Å². The van der Waals surface area contributed by atoms with Crippen molar-refractivity contribution in [2.24, 2.45) is 41.2 Å². The zero-order valence-corrected chi connectivity index (χ0v) is 53.9. The summed E-state index contributed by atoms with van der Waals surface area (Å²) in [6.07, 6.45) is 3.36. The third kappa shape index (κ3) is 23.3. The number of allylic oxidation sites excluding steroid dienone is 2. The van der Waals surface area contributed by atoms with Gasteiger partial charge in [0.15, 0.2) is 0 Å². The van der Waals surface area contributed by atoms with Crippen molar-refractivity contribution in [3.05, 3.63) is 12.2 Å². The van der Waals surface area contributed by atoms with Crippen molar-refractivity contribution >= 4 is 65.1 Å². The van der Waals surface area contributed by atoms with Gasteiger partial charge in [0.25, 0.3) is 0 Å². The second-order valence-corrected chi connectivity index (χ2v) is 24.0. The van der Waals surface area contributed by atoms with Crippen LogP contribution in [0.1, 0.15) is 150 Å². The molecular weight excluding hydrogens is 1060 g/mol. The van der Waals surface area contributed by atoms with Gasteiger partial charge < -0.3 is 60.6 Å². The predicted molar refractivity (Wildman–Crippen MR) is 315 cm³/mol. The number of nitrogens with zero attached hydrogens (tertiary/aromatic N) is 6. The van der Waals surface area contributed by atoms with E-state index < -0.39 is 132 Å². The van der Waals surface area contributed by atoms with E-state index in [-0.39, 0.29) is 62.0 Å². The largest absolute Gasteiger partial charge is 0.462 e. The number of rotatable bonds is 34. The van der Waals surface area contributed by atoms with Crippen molar-refractivity contribution in [1.29, 1.82) is 0 Å². The number of hydrogen-bond acceptors (Lipinski definition) is 14. The number of hydrogen-bond donors (Lipinski definition) is 4. The molecule has 0 radical (unpaired) electrons. The normalized spacial score (nSPS) is 15.7. The molecule has 0 aromatic carbocycles. The molecule has 0 spiro atoms. The molecule has 23 heteroatoms. The molecule has 0 bridgehead atoms. The van der Waals surface area contributed by atoms with Gasteiger partial charge in [-0.3, -0.25) is 47.9 Å². The fraction of sp³-hybridized carbons (Fsp3) is 0.780. The maximum Gasteiger partial charge on any atom is 0.328 e. The Labute approximate surface area is 490 Å². The van der Waals surface area contributed by atoms with E-state index in [1.165, 1.54) is 87.4 Å². The van der Waals surface area contributed by atoms with E-state index in [9.17, 15) is 43.2 Å². The molecule has 0 unspecified atom stereocenters. The van der Waals surface area contributed by atoms with Crippen LogP contribution in [-0.4, -0.2) is 210 Å². The van der Waals surface area contributed by atoms with Crippen molar-refractivity contribution in [3.63, 3.8) is 0 Å². The highest BCUT2D eigenvalue weighted by Gasteiger charge is 2.46. The van der Waals surface area contributed by atoms with Crippen LogP contribution in [0.4, 0.5) is 0 Å². The van der Waals surface area contributed by atoms with Crippen LogP contribution in [0, 0.1) is 35.5 Å². The first-order chi connectivity index (χ1) is 37.8. The van der Waals surface area contributed by atoms with Gasteiger partial charge in [-0.25, -0.2) is 4.79 Å². The average molecular weight is 1160 g/mol. The second-order valence-electron chi connectivity index (χ2n) is 24.0. The van der Waals surface area contributed by atoms with Gasteiger partial charge >= 0.3 is 11.9 Å². The van der Waals surface area contributed by atoms with Crippen LogP contribution in [0.15, 0.2) is 12.2 Å². The quantitative estimate of drug-likeness (QED) is 0.0531. The Morgan fingerprint density at radius 1 is 0.524 bits per heavy atom. The Hall–Kier alpha value is -6.13. The summed E-state index contributed by atoms with van der Waals surface area (Å²) in [7, 11) is 8.74. The number of carbonyl (C=O) groups is 11. The van der Waals surface area contributed by atoms with E-state index >= 15 is 9.59 Å². The van der Waals surface area contributed by atoms with Crippen molar-refractivity contribution in [2.75, 3.05) is 55.4 Å². The van der Waals surface area contributed by atoms with Gasteiger partial charge in [0.05, 0.1) is 12.6 Å². The third-order valence-electron chi connectivity index (χ3n) is 14.7. The molecule has 0 aromatic heterocycles. The van der Waals surface area contributed by atoms with Crippen molar-refractivity contribution in [1.82, 2.24) is 45.3 Å². The van der Waals surface area contributed by atoms with E-state index in [4.69, 9.17) is 15.2 Å². The molecule has 0 aromatic rings. The summed E-state index contributed by atoms with van der Waals surface area (Å²) < 4.78 is 11.3. The molecule has 9 amide bonds. The molecule has 0 heterocycles. The standard InChI is InChI=1S/C59H106N10O13/c1-24-26-27-38(13)50(82-42(17)71)49(53(74)63-43(25-2)59(80)81-29-28-64(18)41(16)70)69(23)58(79)48(37(11)12)68(22)56(77)46(32-35(7)8)67(21)55(76)45(31-34(5)6)66(20)54(75)40(15)62-51(72)39(14)61-52(73)44(30-33(3)4)65(19)57(78)47(60)36(9)10/h24,26,33-40,43-50H,25,27-32,60H2,1-23H3,(H,61,73)(H,62,72)(H,63,74)/b26-24+/t38-,39+,40-,43+,44+,45+,46+,47+,48+,49+,50-/m1/s1. The minimum atomic E-state index is -1.54. The van der Waals surface area contributed by atoms with Crippen LogP contribution in [0.25, 0.3) is 0 Å². The van der Waals surface area contributed by atoms with E-state index in [0.29, 0.717) is 12.8 Å². The summed E-state index contributed by atoms with van der Waals surface area (Å²) in [5, 5.41) is 8.04. The molecular formula is C59H106N10O13. The van der Waals surface area contributed by atoms with Gasteiger partial charge in [-0.05, 0) is 88.4 Å². The topological polar surface area (TPSA) is 288 Å². The summed E-state index contributed by atoms with van der Waals surface area (Å²) >= 11 is 0. The molecule has 0 saturated heterocycles. The fourth-order valence-corrected chi connectivity index (χ4v) is 9.38. The number of amides is 9. The summed E-state index contributed by atoms with van der Waals surface area (Å²) in [5.41, 5.74) is 6.14. The minimum Gasteiger partial charge on any atom is -0.462 e. The molecule has 0 rings (SSSR count). The maximum absolute atomic E-state index is 15.2. The van der Waals surface area contributed by atoms with Crippen LogP contribution in [-0.2, 0) is 62.2 Å². The summed E-state index contributed by atoms with van der Waals surface area (Å²) in [6.45, 7) is 28.9. The number of nitrogens with one attached hydrogen (secondary N) is 3. The smallest absolute Gasteiger partial charge is 0.328 e. The molecule has 11 atom stereocenters. The molecule has 82 heavy (non-hydrogen) atoms. The third-order valence-corrected chi connectivity index (χ3v) is 14.7. The number of ether oxygens (including phenoxy) is 2. The first-order valence-corrected chi connectivity index (χ1v) is 29.0. The van der Waals surface area contributed by atoms with Gasteiger partial charge in [0.1, 0.15) is 61.0 Å². The zero-order chi connectivity index (χ0) is 64.0. The lowest BCUT2D eigenvalue weighted by Gasteiger charge is -2.42. The summed E-state index contributed by atoms with van der Waals surface area (Å²) in [6, 6.07) is -10.4. The number of likely N-dealkylation sites (N-methyl/N-ethyl adjacent to an activating group) is 6. The molecule has 0 aliphatic rings. The van der Waals surface area contributed by atoms with Gasteiger partial charge in [0, 0.05) is 56.1 Å². The lowest BCUT2D eigenvalue weighted by atomic mass is 9.91. The van der Waals surface area contributed by atoms with E-state index in [1.54, 1.807) is 61.6 Å². The molecule has 0 aliphatic carbocycles. The SMILES string of the molecule is C/C=C/C[C@@H](C)[C@@H](OC(C)=O)[C@@H](C(=O)N[C@@H](CC)C(=O)OCCN(C)C(C)=O)N(C)C(=O)[C@H](C(C)C)N(C)C(=O)[C@H](CC(C)C)N(C)C(=O)[C@H](CC(C)C)N(C)C(=O)[C@@H](C)NC(=O)[C@H](C)NC(=O)[C@H](CC(C)C)N(C)C(=O)[C@@H](N)C(C)C. The Morgan fingerprint density at radius 2 is 0.976 bits per heavy atom. The zero-order valence-electron chi connectivity index (χ0n) is 53.9. The van der Waals surface area contributed by atoms with Gasteiger partial charge in [-0.1, -0.05) is 95.2 Å². The average Bonchev–Trinajstić information content (AvgIpc) is 3.46. The number of esters is 2. The highest BCUT2D eigenvalue weighted by Crippen LogP contribution is 2.26. The van der Waals surface area contributed by atoms with Crippen LogP contribution in [0.2, 0.25) is 0 Å². The van der Waals surface area contributed by atoms with Crippen molar-refractivity contribution < 1.29 is 62.2 Å². The Morgan fingerprint density at radius 3 is 1.41 bits per heavy atom. The fourth-order valence-electron chi connectivity index (χ4n) is 9.38. The molecule has 0 fully saturated rings. The number of nitrogens with two attached hydrogens (primary N) is 1. The van der Waals surface area contributed by atoms with Gasteiger partial charge in [-0.2, -0.15) is 0 Å². The Kier molecular flexibility index (Phi) is 33.1. The van der Waals surface area contributed by atoms with E-state index in [0.717, 1.165) is 4.90 Å². The van der Waals surface area contributed by atoms with E-state index in [2.05, 4.69) is 16.0 Å². The lowest BCUT2D eigenvalue weighted by molar-refractivity contribution is -0.164.